The SMILES string of the molecule is CC(=O)NC(/C=C(\C)CC/C=C(\C)CCC=C(C)C)C(/C=C(\C)CC/C=C(\C)CCC=C(C)C)NC(C)=O. The largest absolute Gasteiger partial charge is 0.348 e. The Kier molecular flexibility index (Phi) is 19.0. The third-order valence-electron chi connectivity index (χ3n) is 6.30. The minimum Gasteiger partial charge on any atom is -0.348 e. The van der Waals surface area contributed by atoms with E-state index in [2.05, 4.69) is 102 Å². The second-order valence-electron chi connectivity index (χ2n) is 11.3. The molecule has 0 rings (SSSR count). The summed E-state index contributed by atoms with van der Waals surface area (Å²) >= 11 is 0. The van der Waals surface area contributed by atoms with Crippen LogP contribution in [-0.2, 0) is 9.59 Å². The van der Waals surface area contributed by atoms with Crippen LogP contribution in [0.15, 0.2) is 69.9 Å². The normalized spacial score (nSPS) is 14.5. The van der Waals surface area contributed by atoms with Crippen LogP contribution in [0, 0.1) is 0 Å². The molecule has 4 nitrogen and oxygen atoms in total. The van der Waals surface area contributed by atoms with Crippen molar-refractivity contribution in [3.05, 3.63) is 69.9 Å². The summed E-state index contributed by atoms with van der Waals surface area (Å²) in [6.07, 6.45) is 21.5. The van der Waals surface area contributed by atoms with Crippen LogP contribution in [0.1, 0.15) is 121 Å². The Labute approximate surface area is 234 Å². The Bertz CT molecular complexity index is 844. The number of allylic oxidation sites excluding steroid dienone is 10. The highest BCUT2D eigenvalue weighted by atomic mass is 16.2. The molecule has 0 bridgehead atoms. The highest BCUT2D eigenvalue weighted by molar-refractivity contribution is 5.75. The molecule has 2 unspecified atom stereocenters. The number of amides is 2. The summed E-state index contributed by atoms with van der Waals surface area (Å²) in [6, 6.07) is -0.592. The summed E-state index contributed by atoms with van der Waals surface area (Å²) in [5, 5.41) is 6.10. The minimum atomic E-state index is -0.296. The molecule has 0 fully saturated rings. The molecule has 0 aliphatic heterocycles. The summed E-state index contributed by atoms with van der Waals surface area (Å²) in [5.74, 6) is -0.212. The van der Waals surface area contributed by atoms with Crippen molar-refractivity contribution in [3.63, 3.8) is 0 Å². The van der Waals surface area contributed by atoms with E-state index in [1.807, 2.05) is 0 Å². The van der Waals surface area contributed by atoms with Crippen LogP contribution in [0.25, 0.3) is 0 Å². The molecule has 0 aromatic carbocycles. The first-order valence-corrected chi connectivity index (χ1v) is 14.3. The van der Waals surface area contributed by atoms with Gasteiger partial charge >= 0.3 is 0 Å². The van der Waals surface area contributed by atoms with Crippen molar-refractivity contribution in [2.24, 2.45) is 0 Å². The molecule has 0 saturated heterocycles. The molecule has 4 heteroatoms. The zero-order valence-corrected chi connectivity index (χ0v) is 26.1. The van der Waals surface area contributed by atoms with Gasteiger partial charge in [-0.3, -0.25) is 9.59 Å². The van der Waals surface area contributed by atoms with Crippen LogP contribution < -0.4 is 10.6 Å². The summed E-state index contributed by atoms with van der Waals surface area (Å²) in [6.45, 7) is 20.2. The van der Waals surface area contributed by atoms with Crippen LogP contribution in [0.2, 0.25) is 0 Å². The number of hydrogen-bond donors (Lipinski definition) is 2. The molecule has 2 atom stereocenters. The number of carbonyl (C=O) groups is 2. The molecule has 0 aliphatic carbocycles. The maximum atomic E-state index is 12.0. The monoisotopic (exact) mass is 524 g/mol. The lowest BCUT2D eigenvalue weighted by atomic mass is 9.98. The summed E-state index contributed by atoms with van der Waals surface area (Å²) in [7, 11) is 0. The number of nitrogens with one attached hydrogen (secondary N) is 2. The quantitative estimate of drug-likeness (QED) is 0.187. The van der Waals surface area contributed by atoms with E-state index in [9.17, 15) is 9.59 Å². The predicted molar refractivity (Wildman–Crippen MR) is 166 cm³/mol. The van der Waals surface area contributed by atoms with Crippen molar-refractivity contribution in [3.8, 4) is 0 Å². The number of hydrogen-bond acceptors (Lipinski definition) is 2. The van der Waals surface area contributed by atoms with Crippen LogP contribution in [-0.4, -0.2) is 23.9 Å². The predicted octanol–water partition coefficient (Wildman–Crippen LogP) is 8.83. The lowest BCUT2D eigenvalue weighted by Gasteiger charge is -2.25. The lowest BCUT2D eigenvalue weighted by Crippen LogP contribution is -2.49. The van der Waals surface area contributed by atoms with Gasteiger partial charge in [0.1, 0.15) is 0 Å². The van der Waals surface area contributed by atoms with Crippen molar-refractivity contribution in [2.45, 2.75) is 133 Å². The van der Waals surface area contributed by atoms with Gasteiger partial charge in [-0.05, 0) is 107 Å². The first-order chi connectivity index (χ1) is 17.8. The van der Waals surface area contributed by atoms with E-state index in [1.54, 1.807) is 0 Å². The zero-order chi connectivity index (χ0) is 29.1. The zero-order valence-electron chi connectivity index (χ0n) is 26.1. The smallest absolute Gasteiger partial charge is 0.217 e. The van der Waals surface area contributed by atoms with Gasteiger partial charge in [0.25, 0.3) is 0 Å². The fourth-order valence-corrected chi connectivity index (χ4v) is 4.19. The second kappa shape index (κ2) is 20.4. The summed E-state index contributed by atoms with van der Waals surface area (Å²) in [5.41, 5.74) is 7.94. The van der Waals surface area contributed by atoms with Gasteiger partial charge in [0.2, 0.25) is 11.8 Å². The van der Waals surface area contributed by atoms with Gasteiger partial charge < -0.3 is 10.6 Å². The maximum Gasteiger partial charge on any atom is 0.217 e. The molecule has 0 heterocycles. The van der Waals surface area contributed by atoms with Crippen LogP contribution >= 0.6 is 0 Å². The van der Waals surface area contributed by atoms with E-state index in [0.29, 0.717) is 0 Å². The number of carbonyl (C=O) groups excluding carboxylic acids is 2. The van der Waals surface area contributed by atoms with E-state index in [1.165, 1.54) is 47.3 Å². The Balaban J connectivity index is 5.39. The van der Waals surface area contributed by atoms with Crippen molar-refractivity contribution >= 4 is 11.8 Å². The fraction of sp³-hybridized carbons (Fsp3) is 0.588. The molecular weight excluding hydrogens is 468 g/mol. The Morgan fingerprint density at radius 1 is 0.474 bits per heavy atom. The van der Waals surface area contributed by atoms with E-state index >= 15 is 0 Å². The fourth-order valence-electron chi connectivity index (χ4n) is 4.19. The average Bonchev–Trinajstić information content (AvgIpc) is 2.77. The molecule has 38 heavy (non-hydrogen) atoms. The molecule has 0 aromatic heterocycles. The third-order valence-corrected chi connectivity index (χ3v) is 6.30. The van der Waals surface area contributed by atoms with Crippen molar-refractivity contribution in [1.29, 1.82) is 0 Å². The highest BCUT2D eigenvalue weighted by Gasteiger charge is 2.20. The van der Waals surface area contributed by atoms with Crippen molar-refractivity contribution in [1.82, 2.24) is 10.6 Å². The van der Waals surface area contributed by atoms with Crippen LogP contribution in [0.4, 0.5) is 0 Å². The third kappa shape index (κ3) is 20.4. The lowest BCUT2D eigenvalue weighted by molar-refractivity contribution is -0.121. The molecule has 2 amide bonds. The van der Waals surface area contributed by atoms with E-state index < -0.39 is 0 Å². The van der Waals surface area contributed by atoms with Gasteiger partial charge in [0.15, 0.2) is 0 Å². The summed E-state index contributed by atoms with van der Waals surface area (Å²) < 4.78 is 0. The second-order valence-corrected chi connectivity index (χ2v) is 11.3. The van der Waals surface area contributed by atoms with Gasteiger partial charge in [-0.2, -0.15) is 0 Å². The van der Waals surface area contributed by atoms with Gasteiger partial charge in [-0.15, -0.1) is 0 Å². The van der Waals surface area contributed by atoms with E-state index in [4.69, 9.17) is 0 Å². The van der Waals surface area contributed by atoms with Crippen LogP contribution in [0.5, 0.6) is 0 Å². The van der Waals surface area contributed by atoms with E-state index in [0.717, 1.165) is 51.4 Å². The molecule has 2 N–H and O–H groups in total. The average molecular weight is 525 g/mol. The van der Waals surface area contributed by atoms with Gasteiger partial charge in [0.05, 0.1) is 12.1 Å². The van der Waals surface area contributed by atoms with Crippen molar-refractivity contribution in [2.75, 3.05) is 0 Å². The first kappa shape index (κ1) is 35.4. The standard InChI is InChI=1S/C34H56N2O2/c1-25(2)15-11-17-27(5)19-13-21-29(7)23-33(35-31(9)37)34(36-32(10)38)24-30(8)22-14-20-28(6)18-12-16-26(3)4/h15-16,19-20,23-24,33-34H,11-14,17-18,21-22H2,1-10H3,(H,35,37)(H,36,38)/b27-19+,28-20+,29-23+,30-24+. The molecule has 0 aliphatic rings. The Morgan fingerprint density at radius 3 is 1.05 bits per heavy atom. The molecule has 214 valence electrons. The first-order valence-electron chi connectivity index (χ1n) is 14.3. The molecule has 0 saturated carbocycles. The maximum absolute atomic E-state index is 12.0. The Hall–Kier alpha value is -2.62. The summed E-state index contributed by atoms with van der Waals surface area (Å²) in [4.78, 5) is 24.1. The Morgan fingerprint density at radius 2 is 0.763 bits per heavy atom. The molecular formula is C34H56N2O2. The topological polar surface area (TPSA) is 58.2 Å². The van der Waals surface area contributed by atoms with E-state index in [-0.39, 0.29) is 23.9 Å². The van der Waals surface area contributed by atoms with Gasteiger partial charge in [0, 0.05) is 13.8 Å². The van der Waals surface area contributed by atoms with Gasteiger partial charge in [-0.25, -0.2) is 0 Å². The molecule has 0 radical (unpaired) electrons. The molecule has 0 spiro atoms. The van der Waals surface area contributed by atoms with Crippen LogP contribution in [0.3, 0.4) is 0 Å². The minimum absolute atomic E-state index is 0.106. The molecule has 0 aromatic rings. The number of rotatable bonds is 17. The van der Waals surface area contributed by atoms with Crippen molar-refractivity contribution < 1.29 is 9.59 Å². The highest BCUT2D eigenvalue weighted by Crippen LogP contribution is 2.16. The van der Waals surface area contributed by atoms with Gasteiger partial charge in [-0.1, -0.05) is 69.9 Å².